The molecule has 1 aliphatic heterocycles. The summed E-state index contributed by atoms with van der Waals surface area (Å²) in [7, 11) is 0. The minimum atomic E-state index is -1.58. The fourth-order valence-corrected chi connectivity index (χ4v) is 4.86. The zero-order valence-electron chi connectivity index (χ0n) is 19.9. The highest BCUT2D eigenvalue weighted by Crippen LogP contribution is 2.42. The van der Waals surface area contributed by atoms with Crippen LogP contribution >= 0.6 is 0 Å². The number of carboxylic acids is 1. The molecule has 35 heavy (non-hydrogen) atoms. The maximum atomic E-state index is 15.4. The lowest BCUT2D eigenvalue weighted by atomic mass is 9.82. The molecule has 2 atom stereocenters. The molecule has 4 rings (SSSR count). The van der Waals surface area contributed by atoms with Crippen LogP contribution in [0, 0.1) is 11.6 Å². The van der Waals surface area contributed by atoms with E-state index in [1.807, 2.05) is 60.4 Å². The molecule has 0 aromatic heterocycles. The summed E-state index contributed by atoms with van der Waals surface area (Å²) in [5.41, 5.74) is 2.10. The molecule has 3 aromatic rings. The Hall–Kier alpha value is -3.38. The first-order valence-electron chi connectivity index (χ1n) is 11.6. The number of alkyl halides is 1. The summed E-state index contributed by atoms with van der Waals surface area (Å²) in [6.45, 7) is 4.85. The number of hydrogen-bond acceptors (Lipinski definition) is 2. The summed E-state index contributed by atoms with van der Waals surface area (Å²) >= 11 is 0. The number of carboxylic acid groups (broad SMARTS) is 1. The van der Waals surface area contributed by atoms with Crippen molar-refractivity contribution in [2.75, 3.05) is 6.54 Å². The molecular formula is C29H28F3NO2. The number of nitrogens with zero attached hydrogens (tertiary/aromatic N) is 1. The summed E-state index contributed by atoms with van der Waals surface area (Å²) in [6.07, 6.45) is 2.59. The molecule has 0 amide bonds. The molecule has 1 N–H and O–H groups in total. The van der Waals surface area contributed by atoms with Gasteiger partial charge in [0.25, 0.3) is 0 Å². The lowest BCUT2D eigenvalue weighted by Gasteiger charge is -2.44. The molecule has 0 radical (unpaired) electrons. The van der Waals surface area contributed by atoms with Crippen LogP contribution in [0.3, 0.4) is 0 Å². The van der Waals surface area contributed by atoms with E-state index in [4.69, 9.17) is 5.11 Å². The van der Waals surface area contributed by atoms with Gasteiger partial charge >= 0.3 is 5.97 Å². The Morgan fingerprint density at radius 2 is 1.71 bits per heavy atom. The van der Waals surface area contributed by atoms with Gasteiger partial charge in [-0.15, -0.1) is 0 Å². The quantitative estimate of drug-likeness (QED) is 0.395. The van der Waals surface area contributed by atoms with E-state index in [0.717, 1.165) is 46.5 Å². The van der Waals surface area contributed by atoms with E-state index in [-0.39, 0.29) is 23.7 Å². The van der Waals surface area contributed by atoms with Crippen LogP contribution in [0.15, 0.2) is 66.7 Å². The fraction of sp³-hybridized carbons (Fsp3) is 0.276. The molecule has 2 unspecified atom stereocenters. The van der Waals surface area contributed by atoms with Crippen molar-refractivity contribution in [3.8, 4) is 11.1 Å². The van der Waals surface area contributed by atoms with E-state index >= 15 is 8.78 Å². The summed E-state index contributed by atoms with van der Waals surface area (Å²) in [6, 6.07) is 17.0. The van der Waals surface area contributed by atoms with Crippen molar-refractivity contribution in [2.45, 2.75) is 44.9 Å². The van der Waals surface area contributed by atoms with Crippen molar-refractivity contribution >= 4 is 12.0 Å². The van der Waals surface area contributed by atoms with Crippen molar-refractivity contribution < 1.29 is 23.1 Å². The standard InChI is InChI=1S/C29H28F3NO2/c1-18-13-22-16-21(20-7-5-4-6-8-20)10-11-23(22)28(33(18)17-29(2,3)32)27-24(30)14-19(15-25(27)31)9-12-26(34)35/h4-12,14-16,18,28H,13,17H2,1-3H3,(H,34,35)/b12-9+. The van der Waals surface area contributed by atoms with Crippen molar-refractivity contribution in [3.05, 3.63) is 101 Å². The summed E-state index contributed by atoms with van der Waals surface area (Å²) < 4.78 is 45.7. The van der Waals surface area contributed by atoms with Gasteiger partial charge in [0.15, 0.2) is 0 Å². The highest BCUT2D eigenvalue weighted by atomic mass is 19.1. The number of carbonyl (C=O) groups is 1. The van der Waals surface area contributed by atoms with Gasteiger partial charge in [0.05, 0.1) is 6.04 Å². The van der Waals surface area contributed by atoms with Crippen molar-refractivity contribution in [2.24, 2.45) is 0 Å². The van der Waals surface area contributed by atoms with E-state index in [1.54, 1.807) is 0 Å². The molecule has 0 spiro atoms. The zero-order valence-corrected chi connectivity index (χ0v) is 19.9. The lowest BCUT2D eigenvalue weighted by molar-refractivity contribution is -0.131. The number of fused-ring (bicyclic) bond motifs is 1. The summed E-state index contributed by atoms with van der Waals surface area (Å²) in [5.74, 6) is -2.81. The average Bonchev–Trinajstić information content (AvgIpc) is 2.78. The molecule has 182 valence electrons. The van der Waals surface area contributed by atoms with Crippen LogP contribution in [0.4, 0.5) is 13.2 Å². The minimum absolute atomic E-state index is 0.00173. The number of aliphatic carboxylic acids is 1. The van der Waals surface area contributed by atoms with Gasteiger partial charge in [0.2, 0.25) is 0 Å². The number of rotatable bonds is 6. The van der Waals surface area contributed by atoms with Crippen LogP contribution in [-0.4, -0.2) is 34.2 Å². The Balaban J connectivity index is 1.86. The lowest BCUT2D eigenvalue weighted by Crippen LogP contribution is -2.48. The molecule has 3 aromatic carbocycles. The Morgan fingerprint density at radius 1 is 1.06 bits per heavy atom. The normalized spacial score (nSPS) is 18.6. The summed E-state index contributed by atoms with van der Waals surface area (Å²) in [4.78, 5) is 12.6. The van der Waals surface area contributed by atoms with Gasteiger partial charge in [-0.25, -0.2) is 18.0 Å². The predicted octanol–water partition coefficient (Wildman–Crippen LogP) is 6.81. The van der Waals surface area contributed by atoms with Crippen LogP contribution in [0.5, 0.6) is 0 Å². The number of halogens is 3. The van der Waals surface area contributed by atoms with Crippen LogP contribution < -0.4 is 0 Å². The van der Waals surface area contributed by atoms with Gasteiger partial charge in [0, 0.05) is 24.2 Å². The summed E-state index contributed by atoms with van der Waals surface area (Å²) in [5, 5.41) is 8.84. The monoisotopic (exact) mass is 479 g/mol. The van der Waals surface area contributed by atoms with E-state index in [1.165, 1.54) is 13.8 Å². The molecule has 1 heterocycles. The SMILES string of the molecule is CC1Cc2cc(-c3ccccc3)ccc2C(c2c(F)cc(/C=C/C(=O)O)cc2F)N1CC(C)(C)F. The smallest absolute Gasteiger partial charge is 0.328 e. The minimum Gasteiger partial charge on any atom is -0.478 e. The van der Waals surface area contributed by atoms with E-state index < -0.39 is 29.3 Å². The van der Waals surface area contributed by atoms with Crippen molar-refractivity contribution in [1.29, 1.82) is 0 Å². The Morgan fingerprint density at radius 3 is 2.31 bits per heavy atom. The highest BCUT2D eigenvalue weighted by Gasteiger charge is 2.39. The molecule has 0 saturated heterocycles. The second kappa shape index (κ2) is 9.70. The predicted molar refractivity (Wildman–Crippen MR) is 132 cm³/mol. The third kappa shape index (κ3) is 5.49. The van der Waals surface area contributed by atoms with Gasteiger partial charge in [-0.05, 0) is 73.2 Å². The van der Waals surface area contributed by atoms with Crippen LogP contribution in [-0.2, 0) is 11.2 Å². The largest absolute Gasteiger partial charge is 0.478 e. The van der Waals surface area contributed by atoms with Crippen LogP contribution in [0.25, 0.3) is 17.2 Å². The maximum Gasteiger partial charge on any atom is 0.328 e. The van der Waals surface area contributed by atoms with E-state index in [0.29, 0.717) is 6.42 Å². The molecule has 0 bridgehead atoms. The van der Waals surface area contributed by atoms with E-state index in [2.05, 4.69) is 0 Å². The first kappa shape index (κ1) is 24.7. The first-order chi connectivity index (χ1) is 16.5. The van der Waals surface area contributed by atoms with Gasteiger partial charge in [-0.1, -0.05) is 48.5 Å². The fourth-order valence-electron chi connectivity index (χ4n) is 4.86. The van der Waals surface area contributed by atoms with Gasteiger partial charge in [-0.3, -0.25) is 4.90 Å². The van der Waals surface area contributed by atoms with E-state index in [9.17, 15) is 9.18 Å². The Labute approximate surface area is 203 Å². The Bertz CT molecular complexity index is 1240. The topological polar surface area (TPSA) is 40.5 Å². The number of hydrogen-bond donors (Lipinski definition) is 1. The second-order valence-corrected chi connectivity index (χ2v) is 9.70. The molecular weight excluding hydrogens is 451 g/mol. The second-order valence-electron chi connectivity index (χ2n) is 9.70. The molecule has 3 nitrogen and oxygen atoms in total. The van der Waals surface area contributed by atoms with Gasteiger partial charge in [0.1, 0.15) is 17.3 Å². The average molecular weight is 480 g/mol. The van der Waals surface area contributed by atoms with Gasteiger partial charge < -0.3 is 5.11 Å². The first-order valence-corrected chi connectivity index (χ1v) is 11.6. The highest BCUT2D eigenvalue weighted by molar-refractivity contribution is 5.85. The number of benzene rings is 3. The maximum absolute atomic E-state index is 15.4. The molecule has 6 heteroatoms. The molecule has 0 saturated carbocycles. The molecule has 1 aliphatic rings. The van der Waals surface area contributed by atoms with Crippen molar-refractivity contribution in [3.63, 3.8) is 0 Å². The zero-order chi connectivity index (χ0) is 25.3. The third-order valence-electron chi connectivity index (χ3n) is 6.31. The Kier molecular flexibility index (Phi) is 6.86. The third-order valence-corrected chi connectivity index (χ3v) is 6.31. The molecule has 0 fully saturated rings. The van der Waals surface area contributed by atoms with Crippen LogP contribution in [0.2, 0.25) is 0 Å². The molecule has 0 aliphatic carbocycles. The van der Waals surface area contributed by atoms with Crippen molar-refractivity contribution in [1.82, 2.24) is 4.90 Å². The van der Waals surface area contributed by atoms with Gasteiger partial charge in [-0.2, -0.15) is 0 Å². The van der Waals surface area contributed by atoms with Crippen LogP contribution in [0.1, 0.15) is 49.1 Å².